The molecule has 1 aliphatic carbocycles. The lowest BCUT2D eigenvalue weighted by atomic mass is 9.86. The number of carbonyl (C=O) groups excluding carboxylic acids is 1. The van der Waals surface area contributed by atoms with Crippen molar-refractivity contribution in [2.45, 2.75) is 51.7 Å². The molecule has 0 N–H and O–H groups in total. The van der Waals surface area contributed by atoms with Crippen molar-refractivity contribution in [3.05, 3.63) is 47.5 Å². The van der Waals surface area contributed by atoms with Gasteiger partial charge in [0.15, 0.2) is 0 Å². The van der Waals surface area contributed by atoms with Crippen LogP contribution in [-0.4, -0.2) is 23.6 Å². The number of thioether (sulfide) groups is 1. The van der Waals surface area contributed by atoms with Crippen molar-refractivity contribution >= 4 is 17.7 Å². The fraction of sp³-hybridized carbons (Fsp3) is 0.571. The SMILES string of the molecule is CC(C)C1=CC(SCCC(=O)OCCc2ccccc2)C(C)CC1. The molecule has 0 saturated carbocycles. The summed E-state index contributed by atoms with van der Waals surface area (Å²) in [6.45, 7) is 7.34. The third-order valence-electron chi connectivity index (χ3n) is 4.68. The summed E-state index contributed by atoms with van der Waals surface area (Å²) in [5.74, 6) is 2.12. The van der Waals surface area contributed by atoms with Crippen LogP contribution in [0, 0.1) is 11.8 Å². The molecule has 1 aromatic carbocycles. The third kappa shape index (κ3) is 6.35. The molecule has 0 fully saturated rings. The molecule has 0 bridgehead atoms. The Kier molecular flexibility index (Phi) is 7.90. The second-order valence-electron chi connectivity index (χ2n) is 6.95. The van der Waals surface area contributed by atoms with E-state index in [1.165, 1.54) is 18.4 Å². The lowest BCUT2D eigenvalue weighted by Crippen LogP contribution is -2.20. The van der Waals surface area contributed by atoms with Crippen molar-refractivity contribution in [2.75, 3.05) is 12.4 Å². The zero-order valence-electron chi connectivity index (χ0n) is 15.2. The normalized spacial score (nSPS) is 20.8. The summed E-state index contributed by atoms with van der Waals surface area (Å²) < 4.78 is 5.35. The lowest BCUT2D eigenvalue weighted by molar-refractivity contribution is -0.143. The Labute approximate surface area is 151 Å². The van der Waals surface area contributed by atoms with Crippen molar-refractivity contribution < 1.29 is 9.53 Å². The van der Waals surface area contributed by atoms with E-state index >= 15 is 0 Å². The van der Waals surface area contributed by atoms with Crippen LogP contribution < -0.4 is 0 Å². The monoisotopic (exact) mass is 346 g/mol. The molecule has 0 heterocycles. The largest absolute Gasteiger partial charge is 0.465 e. The van der Waals surface area contributed by atoms with Gasteiger partial charge in [-0.2, -0.15) is 11.8 Å². The minimum Gasteiger partial charge on any atom is -0.465 e. The molecule has 2 atom stereocenters. The average molecular weight is 347 g/mol. The molecule has 2 rings (SSSR count). The van der Waals surface area contributed by atoms with E-state index < -0.39 is 0 Å². The summed E-state index contributed by atoms with van der Waals surface area (Å²) in [4.78, 5) is 11.9. The van der Waals surface area contributed by atoms with Gasteiger partial charge in [0.25, 0.3) is 0 Å². The fourth-order valence-electron chi connectivity index (χ4n) is 2.99. The van der Waals surface area contributed by atoms with Gasteiger partial charge in [0, 0.05) is 17.4 Å². The number of allylic oxidation sites excluding steroid dienone is 1. The lowest BCUT2D eigenvalue weighted by Gasteiger charge is -2.28. The minimum absolute atomic E-state index is 0.0741. The highest BCUT2D eigenvalue weighted by molar-refractivity contribution is 8.00. The second kappa shape index (κ2) is 9.93. The number of carbonyl (C=O) groups is 1. The maximum Gasteiger partial charge on any atom is 0.306 e. The number of esters is 1. The molecule has 0 saturated heterocycles. The Morgan fingerprint density at radius 3 is 2.75 bits per heavy atom. The molecular weight excluding hydrogens is 316 g/mol. The third-order valence-corrected chi connectivity index (χ3v) is 6.11. The van der Waals surface area contributed by atoms with Crippen LogP contribution in [-0.2, 0) is 16.0 Å². The van der Waals surface area contributed by atoms with Gasteiger partial charge in [0.1, 0.15) is 0 Å². The van der Waals surface area contributed by atoms with E-state index in [4.69, 9.17) is 4.74 Å². The molecule has 1 aliphatic rings. The van der Waals surface area contributed by atoms with Crippen LogP contribution in [0.5, 0.6) is 0 Å². The molecule has 0 spiro atoms. The average Bonchev–Trinajstić information content (AvgIpc) is 2.57. The van der Waals surface area contributed by atoms with Gasteiger partial charge in [-0.25, -0.2) is 0 Å². The Morgan fingerprint density at radius 2 is 2.04 bits per heavy atom. The summed E-state index contributed by atoms with van der Waals surface area (Å²) in [5.41, 5.74) is 2.79. The summed E-state index contributed by atoms with van der Waals surface area (Å²) >= 11 is 1.91. The van der Waals surface area contributed by atoms with Crippen LogP contribution >= 0.6 is 11.8 Å². The predicted molar refractivity (Wildman–Crippen MR) is 103 cm³/mol. The Morgan fingerprint density at radius 1 is 1.29 bits per heavy atom. The molecule has 2 nitrogen and oxygen atoms in total. The molecule has 0 radical (unpaired) electrons. The smallest absolute Gasteiger partial charge is 0.306 e. The first-order valence-corrected chi connectivity index (χ1v) is 10.1. The number of ether oxygens (including phenoxy) is 1. The van der Waals surface area contributed by atoms with Crippen molar-refractivity contribution in [2.24, 2.45) is 11.8 Å². The van der Waals surface area contributed by atoms with E-state index in [1.807, 2.05) is 30.0 Å². The fourth-order valence-corrected chi connectivity index (χ4v) is 4.28. The zero-order chi connectivity index (χ0) is 17.4. The maximum absolute atomic E-state index is 11.9. The summed E-state index contributed by atoms with van der Waals surface area (Å²) in [6.07, 6.45) is 6.25. The van der Waals surface area contributed by atoms with Crippen molar-refractivity contribution in [3.8, 4) is 0 Å². The molecule has 0 aliphatic heterocycles. The van der Waals surface area contributed by atoms with E-state index in [0.29, 0.717) is 30.1 Å². The van der Waals surface area contributed by atoms with E-state index in [2.05, 4.69) is 39.0 Å². The molecule has 1 aromatic rings. The molecule has 2 unspecified atom stereocenters. The summed E-state index contributed by atoms with van der Waals surface area (Å²) in [5, 5.41) is 0.549. The molecule has 3 heteroatoms. The first-order chi connectivity index (χ1) is 11.6. The Bertz CT molecular complexity index is 536. The van der Waals surface area contributed by atoms with Gasteiger partial charge in [0.2, 0.25) is 0 Å². The second-order valence-corrected chi connectivity index (χ2v) is 8.24. The Hall–Kier alpha value is -1.22. The van der Waals surface area contributed by atoms with E-state index in [-0.39, 0.29) is 5.97 Å². The van der Waals surface area contributed by atoms with Gasteiger partial charge in [-0.3, -0.25) is 4.79 Å². The van der Waals surface area contributed by atoms with Crippen LogP contribution in [0.1, 0.15) is 45.6 Å². The van der Waals surface area contributed by atoms with Crippen molar-refractivity contribution in [3.63, 3.8) is 0 Å². The zero-order valence-corrected chi connectivity index (χ0v) is 16.0. The van der Waals surface area contributed by atoms with Gasteiger partial charge < -0.3 is 4.74 Å². The summed E-state index contributed by atoms with van der Waals surface area (Å²) in [6, 6.07) is 10.1. The number of benzene rings is 1. The van der Waals surface area contributed by atoms with Gasteiger partial charge in [-0.1, -0.05) is 62.8 Å². The van der Waals surface area contributed by atoms with Gasteiger partial charge in [0.05, 0.1) is 13.0 Å². The highest BCUT2D eigenvalue weighted by Crippen LogP contribution is 2.34. The predicted octanol–water partition coefficient (Wildman–Crippen LogP) is 5.28. The van der Waals surface area contributed by atoms with Crippen molar-refractivity contribution in [1.82, 2.24) is 0 Å². The molecule has 0 aromatic heterocycles. The Balaban J connectivity index is 1.65. The number of hydrogen-bond donors (Lipinski definition) is 0. The maximum atomic E-state index is 11.9. The van der Waals surface area contributed by atoms with Crippen LogP contribution in [0.2, 0.25) is 0 Å². The van der Waals surface area contributed by atoms with Crippen LogP contribution in [0.3, 0.4) is 0 Å². The van der Waals surface area contributed by atoms with E-state index in [1.54, 1.807) is 5.57 Å². The van der Waals surface area contributed by atoms with Gasteiger partial charge in [-0.05, 0) is 30.2 Å². The molecular formula is C21H30O2S. The molecule has 24 heavy (non-hydrogen) atoms. The quantitative estimate of drug-likeness (QED) is 0.473. The number of hydrogen-bond acceptors (Lipinski definition) is 3. The van der Waals surface area contributed by atoms with E-state index in [0.717, 1.165) is 12.2 Å². The highest BCUT2D eigenvalue weighted by atomic mass is 32.2. The first-order valence-electron chi connectivity index (χ1n) is 9.08. The van der Waals surface area contributed by atoms with Gasteiger partial charge >= 0.3 is 5.97 Å². The first kappa shape index (κ1) is 19.1. The van der Waals surface area contributed by atoms with Crippen LogP contribution in [0.4, 0.5) is 0 Å². The topological polar surface area (TPSA) is 26.3 Å². The molecule has 132 valence electrons. The van der Waals surface area contributed by atoms with E-state index in [9.17, 15) is 4.79 Å². The summed E-state index contributed by atoms with van der Waals surface area (Å²) in [7, 11) is 0. The standard InChI is InChI=1S/C21H30O2S/c1-16(2)19-10-9-17(3)20(15-19)24-14-12-21(22)23-13-11-18-7-5-4-6-8-18/h4-8,15-17,20H,9-14H2,1-3H3. The highest BCUT2D eigenvalue weighted by Gasteiger charge is 2.22. The van der Waals surface area contributed by atoms with Crippen LogP contribution in [0.15, 0.2) is 42.0 Å². The van der Waals surface area contributed by atoms with Gasteiger partial charge in [-0.15, -0.1) is 0 Å². The minimum atomic E-state index is -0.0741. The number of rotatable bonds is 8. The molecule has 0 amide bonds. The van der Waals surface area contributed by atoms with Crippen LogP contribution in [0.25, 0.3) is 0 Å². The van der Waals surface area contributed by atoms with Crippen molar-refractivity contribution in [1.29, 1.82) is 0 Å².